The molecule has 0 aliphatic rings. The highest BCUT2D eigenvalue weighted by Crippen LogP contribution is 2.37. The highest BCUT2D eigenvalue weighted by atomic mass is 32.2. The highest BCUT2D eigenvalue weighted by molar-refractivity contribution is 8.22. The molecule has 0 bridgehead atoms. The molecule has 2 nitrogen and oxygen atoms in total. The van der Waals surface area contributed by atoms with Crippen molar-refractivity contribution in [2.45, 2.75) is 34.6 Å². The summed E-state index contributed by atoms with van der Waals surface area (Å²) in [5.74, 6) is 2.74. The normalized spacial score (nSPS) is 11.6. The highest BCUT2D eigenvalue weighted by Gasteiger charge is 2.17. The first-order valence-electron chi connectivity index (χ1n) is 8.20. The Morgan fingerprint density at radius 1 is 1.08 bits per heavy atom. The van der Waals surface area contributed by atoms with Crippen molar-refractivity contribution in [1.82, 2.24) is 0 Å². The van der Waals surface area contributed by atoms with E-state index in [-0.39, 0.29) is 11.2 Å². The van der Waals surface area contributed by atoms with E-state index in [0.717, 1.165) is 32.6 Å². The van der Waals surface area contributed by atoms with Gasteiger partial charge in [0.1, 0.15) is 5.75 Å². The molecule has 24 heavy (non-hydrogen) atoms. The lowest BCUT2D eigenvalue weighted by atomic mass is 9.94. The number of methoxy groups -OCH3 is 1. The molecule has 1 aromatic carbocycles. The second-order valence-corrected chi connectivity index (χ2v) is 9.13. The molecule has 1 aromatic rings. The fourth-order valence-corrected chi connectivity index (χ4v) is 4.27. The maximum Gasteiger partial charge on any atom is 0.187 e. The summed E-state index contributed by atoms with van der Waals surface area (Å²) < 4.78 is 6.32. The monoisotopic (exact) mass is 364 g/mol. The maximum absolute atomic E-state index is 12.9. The molecule has 4 heteroatoms. The van der Waals surface area contributed by atoms with E-state index in [9.17, 15) is 4.79 Å². The zero-order chi connectivity index (χ0) is 18.2. The van der Waals surface area contributed by atoms with Crippen LogP contribution in [0.5, 0.6) is 5.75 Å². The molecular formula is C20H28O2S2. The standard InChI is InChI=1S/C20H28O2S2/c1-7-23-19(24-8-2)18(17(21)13-14-20(3,4)5)15-9-11-16(22-6)12-10-15/h9-14H,7-8H2,1-6H3/b14-13+. The maximum atomic E-state index is 12.9. The zero-order valence-electron chi connectivity index (χ0n) is 15.5. The average Bonchev–Trinajstić information content (AvgIpc) is 2.53. The van der Waals surface area contributed by atoms with Gasteiger partial charge in [-0.1, -0.05) is 52.8 Å². The van der Waals surface area contributed by atoms with Crippen LogP contribution in [0.1, 0.15) is 40.2 Å². The molecule has 0 aromatic heterocycles. The van der Waals surface area contributed by atoms with Crippen molar-refractivity contribution >= 4 is 34.9 Å². The van der Waals surface area contributed by atoms with Crippen molar-refractivity contribution in [2.24, 2.45) is 5.41 Å². The van der Waals surface area contributed by atoms with Crippen molar-refractivity contribution in [2.75, 3.05) is 18.6 Å². The topological polar surface area (TPSA) is 26.3 Å². The Bertz CT molecular complexity index is 585. The Kier molecular flexibility index (Phi) is 8.71. The van der Waals surface area contributed by atoms with Gasteiger partial charge in [-0.15, -0.1) is 23.5 Å². The molecule has 0 radical (unpaired) electrons. The largest absolute Gasteiger partial charge is 0.497 e. The third-order valence-corrected chi connectivity index (χ3v) is 5.33. The van der Waals surface area contributed by atoms with Gasteiger partial charge in [0.15, 0.2) is 5.78 Å². The Balaban J connectivity index is 3.36. The fourth-order valence-electron chi connectivity index (χ4n) is 1.98. The molecule has 0 aliphatic carbocycles. The van der Waals surface area contributed by atoms with E-state index < -0.39 is 0 Å². The van der Waals surface area contributed by atoms with Gasteiger partial charge in [0.2, 0.25) is 0 Å². The minimum atomic E-state index is -0.0172. The Morgan fingerprint density at radius 3 is 2.04 bits per heavy atom. The van der Waals surface area contributed by atoms with Gasteiger partial charge in [-0.25, -0.2) is 0 Å². The molecule has 0 heterocycles. The van der Waals surface area contributed by atoms with Crippen LogP contribution in [0.4, 0.5) is 0 Å². The number of benzene rings is 1. The number of hydrogen-bond acceptors (Lipinski definition) is 4. The van der Waals surface area contributed by atoms with Crippen molar-refractivity contribution in [1.29, 1.82) is 0 Å². The van der Waals surface area contributed by atoms with Crippen LogP contribution in [-0.4, -0.2) is 24.4 Å². The molecule has 0 atom stereocenters. The number of ether oxygens (including phenoxy) is 1. The summed E-state index contributed by atoms with van der Waals surface area (Å²) in [6.07, 6.45) is 3.69. The molecule has 0 aliphatic heterocycles. The molecule has 0 spiro atoms. The minimum absolute atomic E-state index is 0.0172. The van der Waals surface area contributed by atoms with Crippen LogP contribution in [0.15, 0.2) is 40.7 Å². The first-order chi connectivity index (χ1) is 11.3. The van der Waals surface area contributed by atoms with Crippen molar-refractivity contribution in [3.8, 4) is 5.75 Å². The van der Waals surface area contributed by atoms with Gasteiger partial charge >= 0.3 is 0 Å². The van der Waals surface area contributed by atoms with Crippen molar-refractivity contribution in [3.05, 3.63) is 46.2 Å². The Labute approximate surface area is 155 Å². The third-order valence-electron chi connectivity index (χ3n) is 3.11. The summed E-state index contributed by atoms with van der Waals surface area (Å²) in [4.78, 5) is 12.9. The number of carbonyl (C=O) groups excluding carboxylic acids is 1. The van der Waals surface area contributed by atoms with E-state index >= 15 is 0 Å². The molecular weight excluding hydrogens is 336 g/mol. The number of allylic oxidation sites excluding steroid dienone is 3. The van der Waals surface area contributed by atoms with Crippen LogP contribution in [-0.2, 0) is 4.79 Å². The second-order valence-electron chi connectivity index (χ2n) is 6.32. The zero-order valence-corrected chi connectivity index (χ0v) is 17.1. The van der Waals surface area contributed by atoms with Gasteiger partial charge in [-0.3, -0.25) is 4.79 Å². The lowest BCUT2D eigenvalue weighted by molar-refractivity contribution is -0.109. The van der Waals surface area contributed by atoms with Gasteiger partial charge in [0.25, 0.3) is 0 Å². The minimum Gasteiger partial charge on any atom is -0.497 e. The van der Waals surface area contributed by atoms with Gasteiger partial charge in [-0.2, -0.15) is 0 Å². The van der Waals surface area contributed by atoms with E-state index in [4.69, 9.17) is 4.74 Å². The van der Waals surface area contributed by atoms with Crippen molar-refractivity contribution in [3.63, 3.8) is 0 Å². The third kappa shape index (κ3) is 6.78. The smallest absolute Gasteiger partial charge is 0.187 e. The molecule has 132 valence electrons. The van der Waals surface area contributed by atoms with Crippen molar-refractivity contribution < 1.29 is 9.53 Å². The lowest BCUT2D eigenvalue weighted by Gasteiger charge is -2.14. The predicted molar refractivity (Wildman–Crippen MR) is 110 cm³/mol. The van der Waals surface area contributed by atoms with Crippen LogP contribution < -0.4 is 4.74 Å². The Hall–Kier alpha value is -1.13. The molecule has 0 fully saturated rings. The van der Waals surface area contributed by atoms with E-state index in [1.54, 1.807) is 36.7 Å². The van der Waals surface area contributed by atoms with Gasteiger partial charge in [0.05, 0.1) is 11.3 Å². The lowest BCUT2D eigenvalue weighted by Crippen LogP contribution is -2.05. The summed E-state index contributed by atoms with van der Waals surface area (Å²) in [5, 5.41) is 0. The fraction of sp³-hybridized carbons (Fsp3) is 0.450. The first-order valence-corrected chi connectivity index (χ1v) is 10.2. The van der Waals surface area contributed by atoms with E-state index in [0.29, 0.717) is 0 Å². The molecule has 0 amide bonds. The number of ketones is 1. The van der Waals surface area contributed by atoms with Gasteiger partial charge < -0.3 is 4.74 Å². The van der Waals surface area contributed by atoms with Gasteiger partial charge in [0, 0.05) is 5.57 Å². The van der Waals surface area contributed by atoms with Gasteiger partial charge in [-0.05, 0) is 40.7 Å². The molecule has 0 N–H and O–H groups in total. The summed E-state index contributed by atoms with van der Waals surface area (Å²) in [6.45, 7) is 10.5. The van der Waals surface area contributed by atoms with Crippen LogP contribution in [0.25, 0.3) is 5.57 Å². The molecule has 0 saturated heterocycles. The number of carbonyl (C=O) groups is 1. The number of thioether (sulfide) groups is 2. The summed E-state index contributed by atoms with van der Waals surface area (Å²) in [6, 6.07) is 7.73. The van der Waals surface area contributed by atoms with E-state index in [1.807, 2.05) is 30.3 Å². The quantitative estimate of drug-likeness (QED) is 0.525. The summed E-state index contributed by atoms with van der Waals surface area (Å²) >= 11 is 3.46. The number of hydrogen-bond donors (Lipinski definition) is 0. The molecule has 0 saturated carbocycles. The van der Waals surface area contributed by atoms with Crippen LogP contribution in [0.3, 0.4) is 0 Å². The average molecular weight is 365 g/mol. The summed E-state index contributed by atoms with van der Waals surface area (Å²) in [7, 11) is 1.65. The van der Waals surface area contributed by atoms with Crippen LogP contribution >= 0.6 is 23.5 Å². The Morgan fingerprint density at radius 2 is 1.62 bits per heavy atom. The predicted octanol–water partition coefficient (Wildman–Crippen LogP) is 6.04. The summed E-state index contributed by atoms with van der Waals surface area (Å²) in [5.41, 5.74) is 1.71. The number of rotatable bonds is 8. The first kappa shape index (κ1) is 20.9. The SMILES string of the molecule is CCSC(SCC)=C(C(=O)/C=C/C(C)(C)C)c1ccc(OC)cc1. The second kappa shape index (κ2) is 10.00. The molecule has 0 unspecified atom stereocenters. The van der Waals surface area contributed by atoms with Crippen LogP contribution in [0.2, 0.25) is 0 Å². The van der Waals surface area contributed by atoms with E-state index in [2.05, 4.69) is 34.6 Å². The molecule has 1 rings (SSSR count). The van der Waals surface area contributed by atoms with Crippen LogP contribution in [0, 0.1) is 5.41 Å². The van der Waals surface area contributed by atoms with E-state index in [1.165, 1.54) is 0 Å².